The minimum absolute atomic E-state index is 0.0309. The Labute approximate surface area is 111 Å². The summed E-state index contributed by atoms with van der Waals surface area (Å²) in [6, 6.07) is 5.24. The number of hydrogen-bond acceptors (Lipinski definition) is 3. The standard InChI is InChI=1S/C13H15ClO2S/c1-17-6-2-3-10-8-12(15)11-7-9(14)4-5-13(11)16-10/h4-5,7,10H,2-3,6,8H2,1H3. The van der Waals surface area contributed by atoms with E-state index < -0.39 is 0 Å². The van der Waals surface area contributed by atoms with Crippen molar-refractivity contribution in [1.29, 1.82) is 0 Å². The van der Waals surface area contributed by atoms with Gasteiger partial charge < -0.3 is 4.74 Å². The molecule has 0 amide bonds. The number of ketones is 1. The maximum atomic E-state index is 11.9. The summed E-state index contributed by atoms with van der Waals surface area (Å²) in [4.78, 5) is 11.9. The minimum Gasteiger partial charge on any atom is -0.489 e. The number of carbonyl (C=O) groups excluding carboxylic acids is 1. The number of thioether (sulfide) groups is 1. The van der Waals surface area contributed by atoms with Crippen molar-refractivity contribution in [2.75, 3.05) is 12.0 Å². The first-order valence-electron chi connectivity index (χ1n) is 5.69. The molecule has 0 saturated heterocycles. The molecule has 0 N–H and O–H groups in total. The van der Waals surface area contributed by atoms with Crippen LogP contribution in [0.1, 0.15) is 29.6 Å². The molecule has 0 fully saturated rings. The number of fused-ring (bicyclic) bond motifs is 1. The molecule has 0 spiro atoms. The van der Waals surface area contributed by atoms with E-state index in [1.165, 1.54) is 0 Å². The van der Waals surface area contributed by atoms with Crippen LogP contribution in [0.2, 0.25) is 5.02 Å². The van der Waals surface area contributed by atoms with Gasteiger partial charge in [-0.3, -0.25) is 4.79 Å². The number of benzene rings is 1. The van der Waals surface area contributed by atoms with Crippen molar-refractivity contribution in [1.82, 2.24) is 0 Å². The van der Waals surface area contributed by atoms with Crippen molar-refractivity contribution in [3.8, 4) is 5.75 Å². The lowest BCUT2D eigenvalue weighted by Crippen LogP contribution is -2.27. The average Bonchev–Trinajstić information content (AvgIpc) is 2.31. The summed E-state index contributed by atoms with van der Waals surface area (Å²) in [5, 5.41) is 0.585. The largest absolute Gasteiger partial charge is 0.489 e. The van der Waals surface area contributed by atoms with Crippen molar-refractivity contribution in [3.05, 3.63) is 28.8 Å². The highest BCUT2D eigenvalue weighted by Gasteiger charge is 2.26. The number of carbonyl (C=O) groups is 1. The molecule has 1 aliphatic rings. The Morgan fingerprint density at radius 3 is 3.12 bits per heavy atom. The van der Waals surface area contributed by atoms with Crippen molar-refractivity contribution in [2.24, 2.45) is 0 Å². The zero-order valence-electron chi connectivity index (χ0n) is 9.74. The molecule has 0 radical (unpaired) electrons. The summed E-state index contributed by atoms with van der Waals surface area (Å²) in [5.74, 6) is 1.93. The molecule has 1 aromatic carbocycles. The lowest BCUT2D eigenvalue weighted by Gasteiger charge is -2.25. The highest BCUT2D eigenvalue weighted by Crippen LogP contribution is 2.31. The monoisotopic (exact) mass is 270 g/mol. The van der Waals surface area contributed by atoms with E-state index in [0.29, 0.717) is 22.8 Å². The molecule has 4 heteroatoms. The molecular weight excluding hydrogens is 256 g/mol. The van der Waals surface area contributed by atoms with Gasteiger partial charge in [-0.05, 0) is 43.0 Å². The summed E-state index contributed by atoms with van der Waals surface area (Å²) in [6.45, 7) is 0. The molecule has 17 heavy (non-hydrogen) atoms. The van der Waals surface area contributed by atoms with Gasteiger partial charge in [-0.2, -0.15) is 11.8 Å². The zero-order valence-corrected chi connectivity index (χ0v) is 11.3. The maximum absolute atomic E-state index is 11.9. The van der Waals surface area contributed by atoms with Crippen LogP contribution in [0.5, 0.6) is 5.75 Å². The fourth-order valence-electron chi connectivity index (χ4n) is 1.98. The first-order chi connectivity index (χ1) is 8.20. The highest BCUT2D eigenvalue weighted by atomic mass is 35.5. The number of hydrogen-bond donors (Lipinski definition) is 0. The molecule has 2 nitrogen and oxygen atoms in total. The van der Waals surface area contributed by atoms with E-state index in [1.807, 2.05) is 11.8 Å². The third kappa shape index (κ3) is 3.17. The molecule has 1 aliphatic heterocycles. The van der Waals surface area contributed by atoms with Gasteiger partial charge in [-0.1, -0.05) is 11.6 Å². The van der Waals surface area contributed by atoms with Gasteiger partial charge in [0.05, 0.1) is 5.56 Å². The quantitative estimate of drug-likeness (QED) is 0.778. The fraction of sp³-hybridized carbons (Fsp3) is 0.462. The Kier molecular flexibility index (Phi) is 4.35. The fourth-order valence-corrected chi connectivity index (χ4v) is 2.60. The van der Waals surface area contributed by atoms with Crippen LogP contribution in [0, 0.1) is 0 Å². The molecule has 2 rings (SSSR count). The second kappa shape index (κ2) is 5.78. The molecule has 1 aromatic rings. The number of ether oxygens (including phenoxy) is 1. The molecule has 1 heterocycles. The first-order valence-corrected chi connectivity index (χ1v) is 7.46. The third-order valence-corrected chi connectivity index (χ3v) is 3.76. The van der Waals surface area contributed by atoms with E-state index in [-0.39, 0.29) is 11.9 Å². The van der Waals surface area contributed by atoms with Gasteiger partial charge in [-0.25, -0.2) is 0 Å². The molecule has 0 bridgehead atoms. The molecule has 0 saturated carbocycles. The van der Waals surface area contributed by atoms with Crippen LogP contribution in [0.15, 0.2) is 18.2 Å². The van der Waals surface area contributed by atoms with Crippen LogP contribution < -0.4 is 4.74 Å². The van der Waals surface area contributed by atoms with E-state index in [4.69, 9.17) is 16.3 Å². The van der Waals surface area contributed by atoms with Crippen LogP contribution in [0.25, 0.3) is 0 Å². The zero-order chi connectivity index (χ0) is 12.3. The van der Waals surface area contributed by atoms with E-state index >= 15 is 0 Å². The Morgan fingerprint density at radius 2 is 2.35 bits per heavy atom. The normalized spacial score (nSPS) is 18.7. The van der Waals surface area contributed by atoms with E-state index in [9.17, 15) is 4.79 Å². The highest BCUT2D eigenvalue weighted by molar-refractivity contribution is 7.98. The molecule has 1 atom stereocenters. The second-order valence-corrected chi connectivity index (χ2v) is 5.56. The minimum atomic E-state index is 0.0309. The van der Waals surface area contributed by atoms with Crippen LogP contribution >= 0.6 is 23.4 Å². The van der Waals surface area contributed by atoms with Crippen molar-refractivity contribution >= 4 is 29.1 Å². The van der Waals surface area contributed by atoms with Gasteiger partial charge in [0.2, 0.25) is 0 Å². The van der Waals surface area contributed by atoms with Gasteiger partial charge >= 0.3 is 0 Å². The summed E-state index contributed by atoms with van der Waals surface area (Å²) in [6.07, 6.45) is 4.62. The van der Waals surface area contributed by atoms with E-state index in [1.54, 1.807) is 18.2 Å². The molecule has 92 valence electrons. The predicted molar refractivity (Wildman–Crippen MR) is 72.4 cm³/mol. The van der Waals surface area contributed by atoms with E-state index in [0.717, 1.165) is 18.6 Å². The smallest absolute Gasteiger partial charge is 0.170 e. The third-order valence-electron chi connectivity index (χ3n) is 2.82. The Balaban J connectivity index is 2.06. The van der Waals surface area contributed by atoms with Crippen LogP contribution in [-0.4, -0.2) is 23.9 Å². The lowest BCUT2D eigenvalue weighted by atomic mass is 9.98. The molecular formula is C13H15ClO2S. The van der Waals surface area contributed by atoms with Crippen molar-refractivity contribution < 1.29 is 9.53 Å². The Morgan fingerprint density at radius 1 is 1.53 bits per heavy atom. The van der Waals surface area contributed by atoms with Crippen LogP contribution in [0.3, 0.4) is 0 Å². The lowest BCUT2D eigenvalue weighted by molar-refractivity contribution is 0.0838. The molecule has 0 aliphatic carbocycles. The van der Waals surface area contributed by atoms with Crippen LogP contribution in [0.4, 0.5) is 0 Å². The number of halogens is 1. The van der Waals surface area contributed by atoms with Gasteiger partial charge in [0, 0.05) is 11.4 Å². The molecule has 1 unspecified atom stereocenters. The van der Waals surface area contributed by atoms with Crippen molar-refractivity contribution in [3.63, 3.8) is 0 Å². The van der Waals surface area contributed by atoms with Gasteiger partial charge in [0.25, 0.3) is 0 Å². The number of rotatable bonds is 4. The summed E-state index contributed by atoms with van der Waals surface area (Å²) in [7, 11) is 0. The predicted octanol–water partition coefficient (Wildman–Crippen LogP) is 3.82. The van der Waals surface area contributed by atoms with Gasteiger partial charge in [0.1, 0.15) is 11.9 Å². The Hall–Kier alpha value is -0.670. The first kappa shape index (κ1) is 12.8. The Bertz CT molecular complexity index is 420. The summed E-state index contributed by atoms with van der Waals surface area (Å²) >= 11 is 7.69. The summed E-state index contributed by atoms with van der Waals surface area (Å²) < 4.78 is 5.82. The SMILES string of the molecule is CSCCCC1CC(=O)c2cc(Cl)ccc2O1. The van der Waals surface area contributed by atoms with Gasteiger partial charge in [-0.15, -0.1) is 0 Å². The van der Waals surface area contributed by atoms with Gasteiger partial charge in [0.15, 0.2) is 5.78 Å². The average molecular weight is 271 g/mol. The topological polar surface area (TPSA) is 26.3 Å². The van der Waals surface area contributed by atoms with Crippen molar-refractivity contribution in [2.45, 2.75) is 25.4 Å². The summed E-state index contributed by atoms with van der Waals surface area (Å²) in [5.41, 5.74) is 0.624. The maximum Gasteiger partial charge on any atom is 0.170 e. The van der Waals surface area contributed by atoms with Crippen LogP contribution in [-0.2, 0) is 0 Å². The molecule has 0 aromatic heterocycles. The van der Waals surface area contributed by atoms with E-state index in [2.05, 4.69) is 6.26 Å². The number of Topliss-reactive ketones (excluding diaryl/α,β-unsaturated/α-hetero) is 1. The second-order valence-electron chi connectivity index (χ2n) is 4.14.